The van der Waals surface area contributed by atoms with Crippen LogP contribution in [0.5, 0.6) is 11.5 Å². The first kappa shape index (κ1) is 22.1. The summed E-state index contributed by atoms with van der Waals surface area (Å²) in [6.45, 7) is 1.59. The third-order valence-corrected chi connectivity index (χ3v) is 5.07. The molecule has 1 aliphatic heterocycles. The van der Waals surface area contributed by atoms with E-state index in [1.807, 2.05) is 24.3 Å². The number of hydrogen-bond acceptors (Lipinski definition) is 4. The maximum Gasteiger partial charge on any atom is 0.471 e. The number of nitrogens with one attached hydrogen (secondary N) is 2. The van der Waals surface area contributed by atoms with Gasteiger partial charge < -0.3 is 10.1 Å². The zero-order valence-corrected chi connectivity index (χ0v) is 17.3. The van der Waals surface area contributed by atoms with E-state index in [1.165, 1.54) is 18.2 Å². The normalized spacial score (nSPS) is 13.4. The molecule has 3 aromatic carbocycles. The van der Waals surface area contributed by atoms with Crippen molar-refractivity contribution in [3.63, 3.8) is 0 Å². The van der Waals surface area contributed by atoms with Crippen molar-refractivity contribution in [2.45, 2.75) is 19.0 Å². The Bertz CT molecular complexity index is 1210. The predicted octanol–water partition coefficient (Wildman–Crippen LogP) is 4.97. The molecule has 0 unspecified atom stereocenters. The Balaban J connectivity index is 1.55. The number of anilines is 1. The van der Waals surface area contributed by atoms with E-state index in [2.05, 4.69) is 10.5 Å². The minimum atomic E-state index is -5.00. The van der Waals surface area contributed by atoms with Gasteiger partial charge in [0.15, 0.2) is 0 Å². The molecule has 0 aliphatic carbocycles. The van der Waals surface area contributed by atoms with Crippen LogP contribution in [0, 0.1) is 0 Å². The van der Waals surface area contributed by atoms with Gasteiger partial charge in [-0.1, -0.05) is 48.5 Å². The number of ether oxygens (including phenoxy) is 1. The van der Waals surface area contributed by atoms with Gasteiger partial charge in [0.1, 0.15) is 11.5 Å². The molecule has 0 aromatic heterocycles. The van der Waals surface area contributed by atoms with Crippen molar-refractivity contribution in [3.8, 4) is 11.5 Å². The lowest BCUT2D eigenvalue weighted by molar-refractivity contribution is -0.167. The van der Waals surface area contributed by atoms with Gasteiger partial charge in [-0.3, -0.25) is 9.59 Å². The van der Waals surface area contributed by atoms with E-state index in [4.69, 9.17) is 4.74 Å². The zero-order valence-electron chi connectivity index (χ0n) is 17.3. The minimum absolute atomic E-state index is 0.0389. The molecule has 33 heavy (non-hydrogen) atoms. The number of benzene rings is 3. The lowest BCUT2D eigenvalue weighted by atomic mass is 9.87. The van der Waals surface area contributed by atoms with Gasteiger partial charge in [0.25, 0.3) is 5.91 Å². The number of halogens is 3. The molecule has 4 rings (SSSR count). The van der Waals surface area contributed by atoms with Crippen LogP contribution in [0.2, 0.25) is 0 Å². The third kappa shape index (κ3) is 4.72. The fourth-order valence-electron chi connectivity index (χ4n) is 3.48. The molecule has 0 saturated heterocycles. The number of fused-ring (bicyclic) bond motifs is 2. The maximum absolute atomic E-state index is 13.1. The molecule has 0 fully saturated rings. The van der Waals surface area contributed by atoms with Crippen molar-refractivity contribution >= 4 is 23.2 Å². The number of hydrazone groups is 1. The predicted molar refractivity (Wildman–Crippen MR) is 116 cm³/mol. The number of para-hydroxylation sites is 2. The summed E-state index contributed by atoms with van der Waals surface area (Å²) in [4.78, 5) is 24.3. The van der Waals surface area contributed by atoms with Crippen molar-refractivity contribution in [2.75, 3.05) is 5.32 Å². The molecule has 1 aliphatic rings. The number of carbonyl (C=O) groups excluding carboxylic acids is 2. The monoisotopic (exact) mass is 453 g/mol. The van der Waals surface area contributed by atoms with E-state index in [-0.39, 0.29) is 11.6 Å². The molecule has 2 amide bonds. The van der Waals surface area contributed by atoms with Gasteiger partial charge in [-0.2, -0.15) is 18.3 Å². The average molecular weight is 453 g/mol. The van der Waals surface area contributed by atoms with Gasteiger partial charge >= 0.3 is 12.1 Å². The Labute approximate surface area is 187 Å². The second-order valence-electron chi connectivity index (χ2n) is 7.32. The van der Waals surface area contributed by atoms with Gasteiger partial charge in [-0.25, -0.2) is 5.43 Å². The second-order valence-corrected chi connectivity index (χ2v) is 7.32. The van der Waals surface area contributed by atoms with Crippen LogP contribution in [0.4, 0.5) is 18.9 Å². The van der Waals surface area contributed by atoms with Crippen LogP contribution in [-0.4, -0.2) is 23.7 Å². The van der Waals surface area contributed by atoms with E-state index >= 15 is 0 Å². The molecule has 0 radical (unpaired) electrons. The van der Waals surface area contributed by atoms with E-state index in [0.717, 1.165) is 0 Å². The van der Waals surface area contributed by atoms with E-state index in [9.17, 15) is 22.8 Å². The summed E-state index contributed by atoms with van der Waals surface area (Å²) >= 11 is 0. The van der Waals surface area contributed by atoms with Crippen molar-refractivity contribution in [1.29, 1.82) is 0 Å². The topological polar surface area (TPSA) is 79.8 Å². The molecule has 0 saturated carbocycles. The minimum Gasteiger partial charge on any atom is -0.457 e. The molecule has 2 N–H and O–H groups in total. The van der Waals surface area contributed by atoms with Crippen LogP contribution in [0.25, 0.3) is 0 Å². The summed E-state index contributed by atoms with van der Waals surface area (Å²) in [6.07, 6.45) is -5.00. The van der Waals surface area contributed by atoms with Crippen LogP contribution in [-0.2, 0) is 9.59 Å². The maximum atomic E-state index is 13.1. The number of alkyl halides is 3. The van der Waals surface area contributed by atoms with Crippen LogP contribution >= 0.6 is 0 Å². The summed E-state index contributed by atoms with van der Waals surface area (Å²) in [5, 5.41) is 5.92. The van der Waals surface area contributed by atoms with Gasteiger partial charge in [-0.05, 0) is 36.8 Å². The number of hydrogen-bond donors (Lipinski definition) is 2. The summed E-state index contributed by atoms with van der Waals surface area (Å²) in [5.41, 5.74) is 4.67. The molecular formula is C24H18F3N3O3. The van der Waals surface area contributed by atoms with Crippen LogP contribution in [0.3, 0.4) is 0 Å². The number of rotatable bonds is 4. The van der Waals surface area contributed by atoms with Crippen LogP contribution in [0.15, 0.2) is 77.9 Å². The molecule has 0 atom stereocenters. The summed E-state index contributed by atoms with van der Waals surface area (Å²) in [7, 11) is 0. The standard InChI is InChI=1S/C24H18F3N3O3/c1-14(15-7-6-8-16(13-15)28-23(32)24(25,26)27)29-30-22(31)21-17-9-2-4-11-19(17)33-20-12-5-3-10-18(20)21/h2-13,21H,1H3,(H,28,32)(H,30,31). The van der Waals surface area contributed by atoms with Crippen LogP contribution in [0.1, 0.15) is 29.5 Å². The Morgan fingerprint density at radius 1 is 0.909 bits per heavy atom. The molecule has 3 aromatic rings. The van der Waals surface area contributed by atoms with Gasteiger partial charge in [0.2, 0.25) is 0 Å². The summed E-state index contributed by atoms with van der Waals surface area (Å²) < 4.78 is 43.4. The lowest BCUT2D eigenvalue weighted by Gasteiger charge is -2.26. The Morgan fingerprint density at radius 3 is 2.12 bits per heavy atom. The summed E-state index contributed by atoms with van der Waals surface area (Å²) in [6, 6.07) is 20.2. The SMILES string of the molecule is CC(=NNC(=O)C1c2ccccc2Oc2ccccc21)c1cccc(NC(=O)C(F)(F)F)c1. The van der Waals surface area contributed by atoms with Gasteiger partial charge in [0, 0.05) is 16.8 Å². The molecule has 0 spiro atoms. The second kappa shape index (κ2) is 8.78. The average Bonchev–Trinajstić information content (AvgIpc) is 2.80. The largest absolute Gasteiger partial charge is 0.471 e. The smallest absolute Gasteiger partial charge is 0.457 e. The highest BCUT2D eigenvalue weighted by Gasteiger charge is 2.38. The molecule has 6 nitrogen and oxygen atoms in total. The molecular weight excluding hydrogens is 435 g/mol. The van der Waals surface area contributed by atoms with Crippen molar-refractivity contribution in [3.05, 3.63) is 89.5 Å². The first-order valence-corrected chi connectivity index (χ1v) is 9.92. The number of amides is 2. The van der Waals surface area contributed by atoms with Gasteiger partial charge in [0.05, 0.1) is 11.6 Å². The Kier molecular flexibility index (Phi) is 5.87. The molecule has 0 bridgehead atoms. The number of carbonyl (C=O) groups is 2. The van der Waals surface area contributed by atoms with Gasteiger partial charge in [-0.15, -0.1) is 0 Å². The van der Waals surface area contributed by atoms with E-state index in [1.54, 1.807) is 42.6 Å². The first-order chi connectivity index (χ1) is 15.7. The summed E-state index contributed by atoms with van der Waals surface area (Å²) in [5.74, 6) is -1.96. The van der Waals surface area contributed by atoms with Crippen molar-refractivity contribution < 1.29 is 27.5 Å². The Morgan fingerprint density at radius 2 is 1.52 bits per heavy atom. The van der Waals surface area contributed by atoms with E-state index < -0.39 is 18.0 Å². The van der Waals surface area contributed by atoms with Crippen molar-refractivity contribution in [1.82, 2.24) is 5.43 Å². The fourth-order valence-corrected chi connectivity index (χ4v) is 3.48. The first-order valence-electron chi connectivity index (χ1n) is 9.92. The highest BCUT2D eigenvalue weighted by molar-refractivity contribution is 6.02. The lowest BCUT2D eigenvalue weighted by Crippen LogP contribution is -2.30. The molecule has 9 heteroatoms. The molecule has 1 heterocycles. The highest BCUT2D eigenvalue weighted by Crippen LogP contribution is 2.43. The third-order valence-electron chi connectivity index (χ3n) is 5.07. The fraction of sp³-hybridized carbons (Fsp3) is 0.125. The van der Waals surface area contributed by atoms with Crippen molar-refractivity contribution in [2.24, 2.45) is 5.10 Å². The van der Waals surface area contributed by atoms with Crippen LogP contribution < -0.4 is 15.5 Å². The number of nitrogens with zero attached hydrogens (tertiary/aromatic N) is 1. The van der Waals surface area contributed by atoms with E-state index in [0.29, 0.717) is 33.9 Å². The Hall–Kier alpha value is -4.14. The molecule has 168 valence electrons. The quantitative estimate of drug-likeness (QED) is 0.433. The highest BCUT2D eigenvalue weighted by atomic mass is 19.4. The zero-order chi connectivity index (χ0) is 23.6.